The second-order valence-corrected chi connectivity index (χ2v) is 6.94. The number of carbonyl (C=O) groups is 2. The Labute approximate surface area is 119 Å². The van der Waals surface area contributed by atoms with E-state index in [1.165, 1.54) is 0 Å². The monoisotopic (exact) mass is 280 g/mol. The van der Waals surface area contributed by atoms with Crippen LogP contribution in [0, 0.1) is 22.7 Å². The topological polar surface area (TPSA) is 74.6 Å². The van der Waals surface area contributed by atoms with E-state index in [9.17, 15) is 19.8 Å². The van der Waals surface area contributed by atoms with Crippen LogP contribution in [0.15, 0.2) is 11.6 Å². The molecule has 2 aliphatic rings. The van der Waals surface area contributed by atoms with Gasteiger partial charge in [0, 0.05) is 5.41 Å². The van der Waals surface area contributed by atoms with Crippen molar-refractivity contribution >= 4 is 11.9 Å². The molecule has 0 heterocycles. The van der Waals surface area contributed by atoms with E-state index in [1.807, 2.05) is 13.8 Å². The summed E-state index contributed by atoms with van der Waals surface area (Å²) >= 11 is 0. The molecule has 1 saturated carbocycles. The molecule has 0 radical (unpaired) electrons. The van der Waals surface area contributed by atoms with Crippen molar-refractivity contribution in [2.45, 2.75) is 52.9 Å². The zero-order chi connectivity index (χ0) is 15.1. The predicted octanol–water partition coefficient (Wildman–Crippen LogP) is 3.32. The summed E-state index contributed by atoms with van der Waals surface area (Å²) in [5, 5.41) is 18.8. The third-order valence-corrected chi connectivity index (χ3v) is 5.81. The first-order chi connectivity index (χ1) is 9.21. The Balaban J connectivity index is 2.44. The van der Waals surface area contributed by atoms with Gasteiger partial charge in [0.25, 0.3) is 0 Å². The van der Waals surface area contributed by atoms with E-state index in [2.05, 4.69) is 13.0 Å². The first-order valence-electron chi connectivity index (χ1n) is 7.37. The van der Waals surface area contributed by atoms with E-state index in [1.54, 1.807) is 0 Å². The third kappa shape index (κ3) is 2.15. The van der Waals surface area contributed by atoms with Crippen LogP contribution in [-0.4, -0.2) is 22.2 Å². The molecule has 0 bridgehead atoms. The van der Waals surface area contributed by atoms with E-state index >= 15 is 0 Å². The highest BCUT2D eigenvalue weighted by Gasteiger charge is 2.53. The largest absolute Gasteiger partial charge is 0.481 e. The fourth-order valence-electron chi connectivity index (χ4n) is 4.16. The Morgan fingerprint density at radius 2 is 1.95 bits per heavy atom. The van der Waals surface area contributed by atoms with E-state index < -0.39 is 22.8 Å². The van der Waals surface area contributed by atoms with Gasteiger partial charge in [0.15, 0.2) is 0 Å². The summed E-state index contributed by atoms with van der Waals surface area (Å²) in [6.45, 7) is 5.91. The van der Waals surface area contributed by atoms with E-state index in [0.717, 1.165) is 24.8 Å². The lowest BCUT2D eigenvalue weighted by Gasteiger charge is -2.51. The van der Waals surface area contributed by atoms with Gasteiger partial charge >= 0.3 is 11.9 Å². The molecular weight excluding hydrogens is 256 g/mol. The van der Waals surface area contributed by atoms with Gasteiger partial charge in [-0.15, -0.1) is 0 Å². The lowest BCUT2D eigenvalue weighted by molar-refractivity contribution is -0.153. The van der Waals surface area contributed by atoms with Gasteiger partial charge in [-0.3, -0.25) is 9.59 Å². The van der Waals surface area contributed by atoms with Crippen molar-refractivity contribution in [3.8, 4) is 0 Å². The molecule has 2 aliphatic carbocycles. The molecule has 0 unspecified atom stereocenters. The number of carboxylic acid groups (broad SMARTS) is 2. The molecule has 0 aromatic rings. The van der Waals surface area contributed by atoms with Crippen molar-refractivity contribution in [2.24, 2.45) is 22.7 Å². The van der Waals surface area contributed by atoms with E-state index in [-0.39, 0.29) is 18.3 Å². The van der Waals surface area contributed by atoms with Gasteiger partial charge in [-0.2, -0.15) is 0 Å². The van der Waals surface area contributed by atoms with Gasteiger partial charge in [0.1, 0.15) is 0 Å². The summed E-state index contributed by atoms with van der Waals surface area (Å²) in [4.78, 5) is 22.9. The molecule has 0 aromatic carbocycles. The highest BCUT2D eigenvalue weighted by molar-refractivity contribution is 5.76. The van der Waals surface area contributed by atoms with Gasteiger partial charge < -0.3 is 10.2 Å². The molecule has 0 aliphatic heterocycles. The van der Waals surface area contributed by atoms with Crippen LogP contribution in [0.25, 0.3) is 0 Å². The zero-order valence-electron chi connectivity index (χ0n) is 12.5. The summed E-state index contributed by atoms with van der Waals surface area (Å²) in [6.07, 6.45) is 5.34. The molecular formula is C16H24O4. The highest BCUT2D eigenvalue weighted by Crippen LogP contribution is 2.57. The van der Waals surface area contributed by atoms with Crippen molar-refractivity contribution in [2.75, 3.05) is 0 Å². The SMILES string of the molecule is C[C@@H]1CC[C@@H]2C(=CCC[C@]2(C)C(=O)O)[C@]1(C)CC(=O)O. The molecule has 4 heteroatoms. The van der Waals surface area contributed by atoms with Crippen molar-refractivity contribution in [1.82, 2.24) is 0 Å². The van der Waals surface area contributed by atoms with Crippen molar-refractivity contribution in [1.29, 1.82) is 0 Å². The van der Waals surface area contributed by atoms with Crippen LogP contribution in [0.3, 0.4) is 0 Å². The highest BCUT2D eigenvalue weighted by atomic mass is 16.4. The van der Waals surface area contributed by atoms with E-state index in [0.29, 0.717) is 6.42 Å². The Morgan fingerprint density at radius 3 is 2.50 bits per heavy atom. The molecule has 0 aromatic heterocycles. The number of allylic oxidation sites excluding steroid dienone is 2. The number of carboxylic acids is 2. The quantitative estimate of drug-likeness (QED) is 0.778. The standard InChI is InChI=1S/C16H24O4/c1-10-6-7-12-11(16(10,3)9-13(17)18)5-4-8-15(12,2)14(19)20/h5,10,12H,4,6-9H2,1-3H3,(H,17,18)(H,19,20)/t10-,12-,15+,16-/m1/s1. The van der Waals surface area contributed by atoms with Gasteiger partial charge in [-0.25, -0.2) is 0 Å². The normalized spacial score (nSPS) is 40.6. The van der Waals surface area contributed by atoms with Crippen molar-refractivity contribution < 1.29 is 19.8 Å². The molecule has 0 saturated heterocycles. The number of rotatable bonds is 3. The lowest BCUT2D eigenvalue weighted by Crippen LogP contribution is -2.47. The van der Waals surface area contributed by atoms with Gasteiger partial charge in [-0.05, 0) is 44.4 Å². The second kappa shape index (κ2) is 4.90. The second-order valence-electron chi connectivity index (χ2n) is 6.94. The molecule has 4 atom stereocenters. The van der Waals surface area contributed by atoms with Crippen LogP contribution < -0.4 is 0 Å². The molecule has 0 amide bonds. The fourth-order valence-corrected chi connectivity index (χ4v) is 4.16. The third-order valence-electron chi connectivity index (χ3n) is 5.81. The van der Waals surface area contributed by atoms with Crippen molar-refractivity contribution in [3.63, 3.8) is 0 Å². The molecule has 2 N–H and O–H groups in total. The minimum Gasteiger partial charge on any atom is -0.481 e. The number of hydrogen-bond donors (Lipinski definition) is 2. The molecule has 2 rings (SSSR count). The van der Waals surface area contributed by atoms with Crippen LogP contribution in [-0.2, 0) is 9.59 Å². The fraction of sp³-hybridized carbons (Fsp3) is 0.750. The van der Waals surface area contributed by atoms with Gasteiger partial charge in [0.05, 0.1) is 11.8 Å². The maximum atomic E-state index is 11.7. The van der Waals surface area contributed by atoms with Crippen LogP contribution >= 0.6 is 0 Å². The first-order valence-corrected chi connectivity index (χ1v) is 7.37. The maximum absolute atomic E-state index is 11.7. The summed E-state index contributed by atoms with van der Waals surface area (Å²) in [5.74, 6) is -1.30. The van der Waals surface area contributed by atoms with Gasteiger partial charge in [0.2, 0.25) is 0 Å². The smallest absolute Gasteiger partial charge is 0.309 e. The minimum atomic E-state index is -0.802. The Bertz CT molecular complexity index is 467. The molecule has 4 nitrogen and oxygen atoms in total. The van der Waals surface area contributed by atoms with Crippen LogP contribution in [0.5, 0.6) is 0 Å². The van der Waals surface area contributed by atoms with Crippen LogP contribution in [0.4, 0.5) is 0 Å². The maximum Gasteiger partial charge on any atom is 0.309 e. The Hall–Kier alpha value is -1.32. The van der Waals surface area contributed by atoms with Crippen LogP contribution in [0.1, 0.15) is 52.9 Å². The number of fused-ring (bicyclic) bond motifs is 1. The molecule has 1 fully saturated rings. The predicted molar refractivity (Wildman–Crippen MR) is 75.3 cm³/mol. The summed E-state index contributed by atoms with van der Waals surface area (Å²) in [5.41, 5.74) is -0.0784. The minimum absolute atomic E-state index is 0.0192. The average molecular weight is 280 g/mol. The molecule has 112 valence electrons. The average Bonchev–Trinajstić information content (AvgIpc) is 2.34. The molecule has 20 heavy (non-hydrogen) atoms. The Kier molecular flexibility index (Phi) is 3.69. The van der Waals surface area contributed by atoms with Gasteiger partial charge in [-0.1, -0.05) is 25.5 Å². The lowest BCUT2D eigenvalue weighted by atomic mass is 9.52. The van der Waals surface area contributed by atoms with Crippen LogP contribution in [0.2, 0.25) is 0 Å². The number of hydrogen-bond acceptors (Lipinski definition) is 2. The molecule has 0 spiro atoms. The summed E-state index contributed by atoms with van der Waals surface area (Å²) in [7, 11) is 0. The van der Waals surface area contributed by atoms with E-state index in [4.69, 9.17) is 0 Å². The first kappa shape index (κ1) is 15.1. The zero-order valence-corrected chi connectivity index (χ0v) is 12.5. The summed E-state index contributed by atoms with van der Waals surface area (Å²) in [6, 6.07) is 0. The number of aliphatic carboxylic acids is 2. The van der Waals surface area contributed by atoms with Crippen molar-refractivity contribution in [3.05, 3.63) is 11.6 Å². The summed E-state index contributed by atoms with van der Waals surface area (Å²) < 4.78 is 0. The Morgan fingerprint density at radius 1 is 1.30 bits per heavy atom.